The van der Waals surface area contributed by atoms with Crippen LogP contribution >= 0.6 is 11.3 Å². The molecular weight excluding hydrogens is 270 g/mol. The number of hydrogen-bond donors (Lipinski definition) is 2. The monoisotopic (exact) mass is 283 g/mol. The van der Waals surface area contributed by atoms with Gasteiger partial charge in [0.05, 0.1) is 15.9 Å². The molecule has 0 unspecified atom stereocenters. The average Bonchev–Trinajstić information content (AvgIpc) is 3.00. The smallest absolute Gasteiger partial charge is 0.212 e. The van der Waals surface area contributed by atoms with Crippen LogP contribution in [-0.2, 0) is 0 Å². The van der Waals surface area contributed by atoms with Crippen LogP contribution in [-0.4, -0.2) is 15.5 Å². The first kappa shape index (κ1) is 11.5. The van der Waals surface area contributed by atoms with E-state index in [0.29, 0.717) is 5.96 Å². The molecule has 20 heavy (non-hydrogen) atoms. The zero-order valence-electron chi connectivity index (χ0n) is 10.9. The minimum absolute atomic E-state index is 0.140. The molecule has 100 valence electrons. The summed E-state index contributed by atoms with van der Waals surface area (Å²) in [6.07, 6.45) is -0.140. The summed E-state index contributed by atoms with van der Waals surface area (Å²) in [4.78, 5) is 10.3. The number of thiophene rings is 1. The van der Waals surface area contributed by atoms with Gasteiger partial charge in [0, 0.05) is 0 Å². The Bertz CT molecular complexity index is 829. The summed E-state index contributed by atoms with van der Waals surface area (Å²) in [5, 5.41) is 5.13. The molecule has 0 radical (unpaired) electrons. The first-order valence-electron chi connectivity index (χ1n) is 6.35. The maximum Gasteiger partial charge on any atom is 0.212 e. The third kappa shape index (κ3) is 1.55. The third-order valence-corrected chi connectivity index (χ3v) is 4.54. The number of nitrogens with two attached hydrogens (primary N) is 1. The predicted molar refractivity (Wildman–Crippen MR) is 82.2 cm³/mol. The molecule has 1 aromatic carbocycles. The lowest BCUT2D eigenvalue weighted by molar-refractivity contribution is 0.634. The number of rotatable bonds is 1. The van der Waals surface area contributed by atoms with Crippen molar-refractivity contribution in [1.29, 1.82) is 0 Å². The lowest BCUT2D eigenvalue weighted by Gasteiger charge is -2.23. The number of nitrogens with one attached hydrogen (secondary N) is 1. The lowest BCUT2D eigenvalue weighted by Crippen LogP contribution is -2.31. The summed E-state index contributed by atoms with van der Waals surface area (Å²) in [7, 11) is 0. The van der Waals surface area contributed by atoms with Gasteiger partial charge in [-0.3, -0.25) is 9.88 Å². The molecule has 0 saturated carbocycles. The lowest BCUT2D eigenvalue weighted by atomic mass is 10.2. The van der Waals surface area contributed by atoms with E-state index in [4.69, 9.17) is 5.73 Å². The van der Waals surface area contributed by atoms with E-state index in [1.807, 2.05) is 18.2 Å². The van der Waals surface area contributed by atoms with Crippen LogP contribution in [0.3, 0.4) is 0 Å². The number of aromatic nitrogens is 2. The highest BCUT2D eigenvalue weighted by molar-refractivity contribution is 7.10. The number of para-hydroxylation sites is 2. The summed E-state index contributed by atoms with van der Waals surface area (Å²) < 4.78 is 2.10. The fraction of sp³-hybridized carbons (Fsp3) is 0.143. The molecule has 3 heterocycles. The minimum Gasteiger partial charge on any atom is -0.370 e. The molecule has 0 aliphatic carbocycles. The summed E-state index contributed by atoms with van der Waals surface area (Å²) in [6.45, 7) is 2.10. The van der Waals surface area contributed by atoms with Crippen molar-refractivity contribution in [1.82, 2.24) is 9.55 Å². The van der Waals surface area contributed by atoms with E-state index in [0.717, 1.165) is 17.0 Å². The molecule has 6 heteroatoms. The van der Waals surface area contributed by atoms with Gasteiger partial charge in [-0.15, -0.1) is 11.3 Å². The Balaban J connectivity index is 2.01. The maximum absolute atomic E-state index is 5.91. The maximum atomic E-state index is 5.91. The topological polar surface area (TPSA) is 68.2 Å². The van der Waals surface area contributed by atoms with Crippen molar-refractivity contribution >= 4 is 34.3 Å². The Morgan fingerprint density at radius 1 is 1.30 bits per heavy atom. The fourth-order valence-electron chi connectivity index (χ4n) is 2.54. The zero-order chi connectivity index (χ0) is 13.7. The number of benzene rings is 1. The number of imidazole rings is 1. The quantitative estimate of drug-likeness (QED) is 0.721. The van der Waals surface area contributed by atoms with Crippen LogP contribution in [0.4, 0.5) is 5.95 Å². The van der Waals surface area contributed by atoms with Crippen molar-refractivity contribution in [2.24, 2.45) is 10.7 Å². The Labute approximate surface area is 119 Å². The Morgan fingerprint density at radius 2 is 2.15 bits per heavy atom. The van der Waals surface area contributed by atoms with Crippen LogP contribution in [0, 0.1) is 6.92 Å². The summed E-state index contributed by atoms with van der Waals surface area (Å²) >= 11 is 1.69. The number of nitrogens with zero attached hydrogens (tertiary/aromatic N) is 3. The van der Waals surface area contributed by atoms with Crippen molar-refractivity contribution in [2.75, 3.05) is 5.32 Å². The second kappa shape index (κ2) is 4.08. The van der Waals surface area contributed by atoms with Gasteiger partial charge < -0.3 is 5.73 Å². The van der Waals surface area contributed by atoms with Crippen LogP contribution in [0.25, 0.3) is 11.0 Å². The molecule has 3 N–H and O–H groups in total. The van der Waals surface area contributed by atoms with E-state index in [9.17, 15) is 0 Å². The molecule has 4 rings (SSSR count). The minimum atomic E-state index is -0.140. The predicted octanol–water partition coefficient (Wildman–Crippen LogP) is 2.69. The molecule has 0 amide bonds. The molecule has 3 aromatic rings. The van der Waals surface area contributed by atoms with E-state index >= 15 is 0 Å². The second-order valence-corrected chi connectivity index (χ2v) is 5.72. The van der Waals surface area contributed by atoms with E-state index < -0.39 is 0 Å². The third-order valence-electron chi connectivity index (χ3n) is 3.48. The van der Waals surface area contributed by atoms with E-state index in [2.05, 4.69) is 44.3 Å². The number of guanidine groups is 1. The first-order chi connectivity index (χ1) is 9.74. The van der Waals surface area contributed by atoms with Gasteiger partial charge in [0.15, 0.2) is 12.1 Å². The second-order valence-electron chi connectivity index (χ2n) is 4.77. The molecule has 0 fully saturated rings. The SMILES string of the molecule is Cc1ccsc1[C@@H]1N=C(N)Nc2nc3ccccc3n21. The van der Waals surface area contributed by atoms with Gasteiger partial charge in [-0.1, -0.05) is 12.1 Å². The highest BCUT2D eigenvalue weighted by Crippen LogP contribution is 2.35. The summed E-state index contributed by atoms with van der Waals surface area (Å²) in [6, 6.07) is 10.2. The number of aryl methyl sites for hydroxylation is 1. The van der Waals surface area contributed by atoms with Gasteiger partial charge in [0.2, 0.25) is 5.95 Å². The van der Waals surface area contributed by atoms with E-state index in [1.54, 1.807) is 11.3 Å². The van der Waals surface area contributed by atoms with Crippen LogP contribution in [0.1, 0.15) is 16.6 Å². The van der Waals surface area contributed by atoms with Gasteiger partial charge >= 0.3 is 0 Å². The van der Waals surface area contributed by atoms with Crippen LogP contribution in [0.15, 0.2) is 40.7 Å². The molecule has 5 nitrogen and oxygen atoms in total. The van der Waals surface area contributed by atoms with Gasteiger partial charge in [0.1, 0.15) is 0 Å². The molecule has 1 aliphatic rings. The van der Waals surface area contributed by atoms with Crippen LogP contribution in [0.5, 0.6) is 0 Å². The normalized spacial score (nSPS) is 17.6. The molecule has 0 saturated heterocycles. The summed E-state index contributed by atoms with van der Waals surface area (Å²) in [5.41, 5.74) is 9.14. The standard InChI is InChI=1S/C14H13N5S/c1-8-6-7-20-11(8)12-17-13(15)18-14-16-9-4-2-3-5-10(9)19(12)14/h2-7,12H,1H3,(H3,15,16,17,18)/t12-/m1/s1. The average molecular weight is 283 g/mol. The van der Waals surface area contributed by atoms with Gasteiger partial charge in [0.25, 0.3) is 0 Å². The molecular formula is C14H13N5S. The Hall–Kier alpha value is -2.34. The molecule has 1 atom stereocenters. The molecule has 0 bridgehead atoms. The Kier molecular flexibility index (Phi) is 2.34. The van der Waals surface area contributed by atoms with Gasteiger partial charge in [-0.2, -0.15) is 0 Å². The van der Waals surface area contributed by atoms with Crippen molar-refractivity contribution in [2.45, 2.75) is 13.1 Å². The van der Waals surface area contributed by atoms with E-state index in [1.165, 1.54) is 10.4 Å². The van der Waals surface area contributed by atoms with Crippen molar-refractivity contribution in [3.05, 3.63) is 46.2 Å². The highest BCUT2D eigenvalue weighted by atomic mass is 32.1. The van der Waals surface area contributed by atoms with Gasteiger partial charge in [-0.25, -0.2) is 9.98 Å². The van der Waals surface area contributed by atoms with Crippen LogP contribution in [0.2, 0.25) is 0 Å². The fourth-order valence-corrected chi connectivity index (χ4v) is 3.49. The van der Waals surface area contributed by atoms with Crippen molar-refractivity contribution in [3.8, 4) is 0 Å². The van der Waals surface area contributed by atoms with Crippen molar-refractivity contribution < 1.29 is 0 Å². The largest absolute Gasteiger partial charge is 0.370 e. The molecule has 0 spiro atoms. The Morgan fingerprint density at radius 3 is 2.95 bits per heavy atom. The number of hydrogen-bond acceptors (Lipinski definition) is 5. The van der Waals surface area contributed by atoms with Crippen molar-refractivity contribution in [3.63, 3.8) is 0 Å². The number of fused-ring (bicyclic) bond motifs is 3. The zero-order valence-corrected chi connectivity index (χ0v) is 11.7. The first-order valence-corrected chi connectivity index (χ1v) is 7.23. The highest BCUT2D eigenvalue weighted by Gasteiger charge is 2.26. The van der Waals surface area contributed by atoms with Gasteiger partial charge in [-0.05, 0) is 36.1 Å². The number of anilines is 1. The molecule has 1 aliphatic heterocycles. The van der Waals surface area contributed by atoms with E-state index in [-0.39, 0.29) is 6.17 Å². The van der Waals surface area contributed by atoms with Crippen LogP contribution < -0.4 is 11.1 Å². The number of aliphatic imine (C=N–C) groups is 1. The molecule has 2 aromatic heterocycles. The summed E-state index contributed by atoms with van der Waals surface area (Å²) in [5.74, 6) is 1.15.